The number of anilines is 2. The lowest BCUT2D eigenvalue weighted by Crippen LogP contribution is -2.35. The number of aliphatic hydroxyl groups is 1. The van der Waals surface area contributed by atoms with Gasteiger partial charge in [0, 0.05) is 11.8 Å². The maximum Gasteiger partial charge on any atom is 0.191 e. The van der Waals surface area contributed by atoms with Gasteiger partial charge in [0.15, 0.2) is 21.8 Å². The van der Waals surface area contributed by atoms with Crippen LogP contribution in [0.1, 0.15) is 51.5 Å². The molecular weight excluding hydrogens is 414 g/mol. The number of rotatable bonds is 8. The average molecular weight is 444 g/mol. The minimum Gasteiger partial charge on any atom is -0.394 e. The van der Waals surface area contributed by atoms with Crippen molar-refractivity contribution in [3.8, 4) is 0 Å². The number of nitrogens with zero attached hydrogens (tertiary/aromatic N) is 3. The molecular formula is C22H29N5OS2. The van der Waals surface area contributed by atoms with Crippen molar-refractivity contribution in [3.05, 3.63) is 35.9 Å². The van der Waals surface area contributed by atoms with E-state index in [0.29, 0.717) is 16.8 Å². The van der Waals surface area contributed by atoms with E-state index in [-0.39, 0.29) is 6.61 Å². The van der Waals surface area contributed by atoms with Crippen LogP contribution in [0.5, 0.6) is 0 Å². The molecule has 2 heterocycles. The van der Waals surface area contributed by atoms with E-state index in [2.05, 4.69) is 22.8 Å². The Bertz CT molecular complexity index is 970. The number of fused-ring (bicyclic) bond motifs is 1. The van der Waals surface area contributed by atoms with Crippen molar-refractivity contribution in [1.82, 2.24) is 15.0 Å². The minimum absolute atomic E-state index is 0.0109. The molecule has 160 valence electrons. The van der Waals surface area contributed by atoms with Crippen molar-refractivity contribution in [3.63, 3.8) is 0 Å². The smallest absolute Gasteiger partial charge is 0.191 e. The standard InChI is InChI=1S/C22H29N5OS2/c1-22(2,14-28)27-19-17-18(25-21(30-17)23-16-11-7-4-8-12-16)24-20(26-19)29-13-15-9-5-3-6-10-15/h3,5-6,9-10,16,28H,4,7-8,11-14H2,1-2H3,(H2,23,24,25,26,27). The van der Waals surface area contributed by atoms with Gasteiger partial charge in [-0.15, -0.1) is 0 Å². The molecule has 0 amide bonds. The van der Waals surface area contributed by atoms with Gasteiger partial charge < -0.3 is 15.7 Å². The lowest BCUT2D eigenvalue weighted by Gasteiger charge is -2.24. The Labute approximate surface area is 185 Å². The van der Waals surface area contributed by atoms with Gasteiger partial charge in [0.25, 0.3) is 0 Å². The number of thioether (sulfide) groups is 1. The molecule has 1 aromatic carbocycles. The molecule has 0 radical (unpaired) electrons. The SMILES string of the molecule is CC(C)(CO)Nc1nc(SCc2ccccc2)nc2nc(NC3CCCCC3)sc12. The highest BCUT2D eigenvalue weighted by molar-refractivity contribution is 7.98. The van der Waals surface area contributed by atoms with E-state index in [1.807, 2.05) is 32.0 Å². The molecule has 4 rings (SSSR count). The molecule has 2 aromatic heterocycles. The molecule has 1 aliphatic carbocycles. The molecule has 30 heavy (non-hydrogen) atoms. The largest absolute Gasteiger partial charge is 0.394 e. The van der Waals surface area contributed by atoms with Crippen LogP contribution in [0.15, 0.2) is 35.5 Å². The predicted molar refractivity (Wildman–Crippen MR) is 126 cm³/mol. The highest BCUT2D eigenvalue weighted by atomic mass is 32.2. The number of thiazole rings is 1. The quantitative estimate of drug-likeness (QED) is 0.322. The Hall–Kier alpha value is -1.90. The van der Waals surface area contributed by atoms with Gasteiger partial charge in [-0.05, 0) is 32.3 Å². The van der Waals surface area contributed by atoms with Crippen molar-refractivity contribution in [2.24, 2.45) is 0 Å². The Morgan fingerprint density at radius 2 is 1.87 bits per heavy atom. The van der Waals surface area contributed by atoms with Gasteiger partial charge in [-0.2, -0.15) is 4.98 Å². The van der Waals surface area contributed by atoms with Crippen molar-refractivity contribution in [1.29, 1.82) is 0 Å². The van der Waals surface area contributed by atoms with Crippen LogP contribution >= 0.6 is 23.1 Å². The Kier molecular flexibility index (Phi) is 6.75. The van der Waals surface area contributed by atoms with Crippen molar-refractivity contribution in [2.45, 2.75) is 68.4 Å². The first-order valence-electron chi connectivity index (χ1n) is 10.5. The van der Waals surface area contributed by atoms with Crippen LogP contribution in [0, 0.1) is 0 Å². The van der Waals surface area contributed by atoms with Crippen LogP contribution in [0.3, 0.4) is 0 Å². The Morgan fingerprint density at radius 3 is 2.60 bits per heavy atom. The third-order valence-corrected chi connectivity index (χ3v) is 7.13. The van der Waals surface area contributed by atoms with Gasteiger partial charge in [0.1, 0.15) is 4.70 Å². The lowest BCUT2D eigenvalue weighted by atomic mass is 9.96. The Balaban J connectivity index is 1.61. The second-order valence-electron chi connectivity index (χ2n) is 8.45. The molecule has 6 nitrogen and oxygen atoms in total. The van der Waals surface area contributed by atoms with Crippen molar-refractivity contribution < 1.29 is 5.11 Å². The molecule has 3 N–H and O–H groups in total. The third kappa shape index (κ3) is 5.42. The first-order chi connectivity index (χ1) is 14.5. The summed E-state index contributed by atoms with van der Waals surface area (Å²) >= 11 is 3.19. The van der Waals surface area contributed by atoms with Crippen LogP contribution in [0.25, 0.3) is 10.3 Å². The molecule has 1 saturated carbocycles. The van der Waals surface area contributed by atoms with E-state index < -0.39 is 5.54 Å². The van der Waals surface area contributed by atoms with E-state index in [1.54, 1.807) is 23.1 Å². The van der Waals surface area contributed by atoms with E-state index in [1.165, 1.54) is 37.7 Å². The molecule has 0 atom stereocenters. The van der Waals surface area contributed by atoms with Gasteiger partial charge in [-0.3, -0.25) is 0 Å². The monoisotopic (exact) mass is 443 g/mol. The van der Waals surface area contributed by atoms with E-state index in [4.69, 9.17) is 15.0 Å². The number of benzene rings is 1. The summed E-state index contributed by atoms with van der Waals surface area (Å²) in [6.07, 6.45) is 6.28. The summed E-state index contributed by atoms with van der Waals surface area (Å²) in [6.45, 7) is 3.93. The lowest BCUT2D eigenvalue weighted by molar-refractivity contribution is 0.234. The van der Waals surface area contributed by atoms with Crippen LogP contribution in [0.4, 0.5) is 10.9 Å². The molecule has 1 fully saturated rings. The third-order valence-electron chi connectivity index (χ3n) is 5.23. The maximum atomic E-state index is 9.73. The zero-order valence-electron chi connectivity index (χ0n) is 17.5. The number of hydrogen-bond acceptors (Lipinski definition) is 8. The molecule has 8 heteroatoms. The molecule has 1 aliphatic rings. The first-order valence-corrected chi connectivity index (χ1v) is 12.3. The second kappa shape index (κ2) is 9.49. The fraction of sp³-hybridized carbons (Fsp3) is 0.500. The highest BCUT2D eigenvalue weighted by Crippen LogP contribution is 2.35. The van der Waals surface area contributed by atoms with E-state index >= 15 is 0 Å². The van der Waals surface area contributed by atoms with Crippen LogP contribution in [-0.2, 0) is 5.75 Å². The number of aromatic nitrogens is 3. The maximum absolute atomic E-state index is 9.73. The fourth-order valence-electron chi connectivity index (χ4n) is 3.52. The summed E-state index contributed by atoms with van der Waals surface area (Å²) < 4.78 is 0.930. The Morgan fingerprint density at radius 1 is 1.10 bits per heavy atom. The summed E-state index contributed by atoms with van der Waals surface area (Å²) in [6, 6.07) is 10.8. The fourth-order valence-corrected chi connectivity index (χ4v) is 5.24. The zero-order valence-corrected chi connectivity index (χ0v) is 19.2. The van der Waals surface area contributed by atoms with E-state index in [0.717, 1.165) is 21.4 Å². The van der Waals surface area contributed by atoms with Gasteiger partial charge in [0.2, 0.25) is 0 Å². The van der Waals surface area contributed by atoms with Gasteiger partial charge >= 0.3 is 0 Å². The number of aliphatic hydroxyl groups excluding tert-OH is 1. The highest BCUT2D eigenvalue weighted by Gasteiger charge is 2.22. The molecule has 0 spiro atoms. The molecule has 0 saturated heterocycles. The molecule has 3 aromatic rings. The molecule has 0 aliphatic heterocycles. The van der Waals surface area contributed by atoms with E-state index in [9.17, 15) is 5.11 Å². The number of hydrogen-bond donors (Lipinski definition) is 3. The van der Waals surface area contributed by atoms with Crippen molar-refractivity contribution >= 4 is 44.4 Å². The summed E-state index contributed by atoms with van der Waals surface area (Å²) in [4.78, 5) is 14.3. The minimum atomic E-state index is -0.483. The average Bonchev–Trinajstić information content (AvgIpc) is 3.16. The van der Waals surface area contributed by atoms with Crippen molar-refractivity contribution in [2.75, 3.05) is 17.2 Å². The predicted octanol–water partition coefficient (Wildman–Crippen LogP) is 5.31. The van der Waals surface area contributed by atoms with Crippen LogP contribution < -0.4 is 10.6 Å². The molecule has 0 unspecified atom stereocenters. The topological polar surface area (TPSA) is 83.0 Å². The van der Waals surface area contributed by atoms with Gasteiger partial charge in [0.05, 0.1) is 12.1 Å². The summed E-state index contributed by atoms with van der Waals surface area (Å²) in [7, 11) is 0. The molecule has 0 bridgehead atoms. The number of nitrogens with one attached hydrogen (secondary N) is 2. The summed E-state index contributed by atoms with van der Waals surface area (Å²) in [5.41, 5.74) is 1.46. The van der Waals surface area contributed by atoms with Gasteiger partial charge in [-0.25, -0.2) is 9.97 Å². The second-order valence-corrected chi connectivity index (χ2v) is 10.4. The first kappa shape index (κ1) is 21.3. The van der Waals surface area contributed by atoms with Gasteiger partial charge in [-0.1, -0.05) is 72.7 Å². The van der Waals surface area contributed by atoms with Crippen LogP contribution in [-0.4, -0.2) is 38.2 Å². The zero-order chi connectivity index (χ0) is 21.0. The van der Waals surface area contributed by atoms with Crippen LogP contribution in [0.2, 0.25) is 0 Å². The normalized spacial score (nSPS) is 15.4. The summed E-state index contributed by atoms with van der Waals surface area (Å²) in [5.74, 6) is 1.54. The summed E-state index contributed by atoms with van der Waals surface area (Å²) in [5, 5.41) is 18.3.